The number of alkyl halides is 3. The maximum Gasteiger partial charge on any atom is 0.417 e. The van der Waals surface area contributed by atoms with Crippen molar-refractivity contribution in [3.8, 4) is 11.3 Å². The number of rotatable bonds is 4. The summed E-state index contributed by atoms with van der Waals surface area (Å²) in [6.07, 6.45) is -7.02. The maximum absolute atomic E-state index is 13.4. The molecule has 0 saturated carbocycles. The molecule has 32 heavy (non-hydrogen) atoms. The third-order valence-corrected chi connectivity index (χ3v) is 4.95. The van der Waals surface area contributed by atoms with E-state index in [1.54, 1.807) is 6.07 Å². The third kappa shape index (κ3) is 4.09. The molecule has 1 aliphatic rings. The summed E-state index contributed by atoms with van der Waals surface area (Å²) in [7, 11) is 0. The first-order valence-electron chi connectivity index (χ1n) is 9.37. The number of fused-ring (bicyclic) bond motifs is 1. The largest absolute Gasteiger partial charge is 0.446 e. The van der Waals surface area contributed by atoms with Crippen LogP contribution in [-0.4, -0.2) is 36.4 Å². The van der Waals surface area contributed by atoms with Crippen LogP contribution in [0.1, 0.15) is 5.56 Å². The number of carbonyl (C=O) groups is 2. The van der Waals surface area contributed by atoms with E-state index in [0.29, 0.717) is 11.1 Å². The Morgan fingerprint density at radius 2 is 1.94 bits per heavy atom. The quantitative estimate of drug-likeness (QED) is 0.634. The third-order valence-electron chi connectivity index (χ3n) is 4.95. The van der Waals surface area contributed by atoms with E-state index in [1.807, 2.05) is 0 Å². The number of nitrogens with zero attached hydrogens (tertiary/aromatic N) is 1. The van der Waals surface area contributed by atoms with Crippen molar-refractivity contribution in [2.24, 2.45) is 5.73 Å². The maximum atomic E-state index is 13.4. The highest BCUT2D eigenvalue weighted by Crippen LogP contribution is 2.36. The highest BCUT2D eigenvalue weighted by atomic mass is 19.4. The predicted octanol–water partition coefficient (Wildman–Crippen LogP) is 3.63. The summed E-state index contributed by atoms with van der Waals surface area (Å²) in [5.41, 5.74) is 3.64. The molecule has 3 N–H and O–H groups in total. The number of aromatic nitrogens is 1. The van der Waals surface area contributed by atoms with Crippen molar-refractivity contribution < 1.29 is 32.2 Å². The SMILES string of the molecule is NC(=O)OCC1CN(c2ccc3cc(-c4ccccc4C(F)(F)F)[nH]c(=O)c3c2)C(=O)O1. The van der Waals surface area contributed by atoms with Crippen molar-refractivity contribution in [2.75, 3.05) is 18.1 Å². The Balaban J connectivity index is 1.68. The Labute approximate surface area is 178 Å². The molecule has 1 atom stereocenters. The molecular formula is C21H16F3N3O5. The van der Waals surface area contributed by atoms with Crippen LogP contribution < -0.4 is 16.2 Å². The Bertz CT molecular complexity index is 1270. The fourth-order valence-corrected chi connectivity index (χ4v) is 3.52. The number of primary amides is 1. The summed E-state index contributed by atoms with van der Waals surface area (Å²) in [4.78, 5) is 39.3. The van der Waals surface area contributed by atoms with Crippen molar-refractivity contribution in [1.82, 2.24) is 4.98 Å². The first-order chi connectivity index (χ1) is 15.1. The highest BCUT2D eigenvalue weighted by Gasteiger charge is 2.34. The molecule has 0 bridgehead atoms. The van der Waals surface area contributed by atoms with Gasteiger partial charge in [-0.2, -0.15) is 13.2 Å². The topological polar surface area (TPSA) is 115 Å². The molecule has 1 unspecified atom stereocenters. The normalized spacial score (nSPS) is 16.3. The number of aromatic amines is 1. The monoisotopic (exact) mass is 447 g/mol. The van der Waals surface area contributed by atoms with Crippen molar-refractivity contribution >= 4 is 28.6 Å². The van der Waals surface area contributed by atoms with Gasteiger partial charge in [-0.05, 0) is 29.7 Å². The van der Waals surface area contributed by atoms with E-state index in [1.165, 1.54) is 41.3 Å². The van der Waals surface area contributed by atoms with Crippen molar-refractivity contribution in [3.05, 3.63) is 64.4 Å². The Kier molecular flexibility index (Phi) is 5.25. The number of benzene rings is 2. The van der Waals surface area contributed by atoms with Crippen LogP contribution in [0.4, 0.5) is 28.4 Å². The molecule has 1 fully saturated rings. The predicted molar refractivity (Wildman–Crippen MR) is 108 cm³/mol. The van der Waals surface area contributed by atoms with Crippen LogP contribution in [0.15, 0.2) is 53.3 Å². The lowest BCUT2D eigenvalue weighted by Gasteiger charge is -2.15. The Morgan fingerprint density at radius 3 is 2.66 bits per heavy atom. The summed E-state index contributed by atoms with van der Waals surface area (Å²) < 4.78 is 49.8. The number of nitrogens with two attached hydrogens (primary N) is 1. The van der Waals surface area contributed by atoms with Gasteiger partial charge in [-0.3, -0.25) is 9.69 Å². The van der Waals surface area contributed by atoms with Gasteiger partial charge in [0.15, 0.2) is 6.10 Å². The average Bonchev–Trinajstić information content (AvgIpc) is 3.12. The summed E-state index contributed by atoms with van der Waals surface area (Å²) >= 11 is 0. The molecule has 1 aromatic heterocycles. The number of H-pyrrole nitrogens is 1. The molecular weight excluding hydrogens is 431 g/mol. The number of nitrogens with one attached hydrogen (secondary N) is 1. The molecule has 11 heteroatoms. The fourth-order valence-electron chi connectivity index (χ4n) is 3.52. The Hall–Kier alpha value is -4.02. The molecule has 166 valence electrons. The van der Waals surface area contributed by atoms with Gasteiger partial charge in [0, 0.05) is 22.3 Å². The first kappa shape index (κ1) is 21.2. The van der Waals surface area contributed by atoms with E-state index < -0.39 is 35.6 Å². The molecule has 2 heterocycles. The van der Waals surface area contributed by atoms with E-state index in [4.69, 9.17) is 10.5 Å². The molecule has 3 aromatic rings. The van der Waals surface area contributed by atoms with Gasteiger partial charge in [0.1, 0.15) is 6.61 Å². The van der Waals surface area contributed by atoms with Crippen LogP contribution in [0.3, 0.4) is 0 Å². The lowest BCUT2D eigenvalue weighted by atomic mass is 10.0. The standard InChI is InChI=1S/C21H16F3N3O5/c22-21(23,24)16-4-2-1-3-14(16)17-7-11-5-6-12(8-15(11)18(28)26-17)27-9-13(32-20(27)30)10-31-19(25)29/h1-8,13H,9-10H2,(H2,25,29)(H,26,28). The van der Waals surface area contributed by atoms with Gasteiger partial charge in [-0.15, -0.1) is 0 Å². The van der Waals surface area contributed by atoms with Crippen molar-refractivity contribution in [2.45, 2.75) is 12.3 Å². The van der Waals surface area contributed by atoms with Crippen molar-refractivity contribution in [1.29, 1.82) is 0 Å². The summed E-state index contributed by atoms with van der Waals surface area (Å²) in [6, 6.07) is 10.9. The molecule has 4 rings (SSSR count). The number of cyclic esters (lactones) is 1. The molecule has 1 aliphatic heterocycles. The minimum atomic E-state index is -4.59. The van der Waals surface area contributed by atoms with Crippen LogP contribution in [0.5, 0.6) is 0 Å². The molecule has 8 nitrogen and oxygen atoms in total. The molecule has 1 saturated heterocycles. The number of carbonyl (C=O) groups excluding carboxylic acids is 2. The Morgan fingerprint density at radius 1 is 1.19 bits per heavy atom. The highest BCUT2D eigenvalue weighted by molar-refractivity contribution is 5.94. The molecule has 2 amide bonds. The number of amides is 2. The minimum absolute atomic E-state index is 0.0208. The van der Waals surface area contributed by atoms with Crippen LogP contribution in [0.25, 0.3) is 22.0 Å². The van der Waals surface area contributed by atoms with E-state index in [-0.39, 0.29) is 29.8 Å². The molecule has 0 aliphatic carbocycles. The van der Waals surface area contributed by atoms with Gasteiger partial charge in [-0.25, -0.2) is 9.59 Å². The summed E-state index contributed by atoms with van der Waals surface area (Å²) in [6.45, 7) is -0.153. The minimum Gasteiger partial charge on any atom is -0.446 e. The lowest BCUT2D eigenvalue weighted by molar-refractivity contribution is -0.137. The van der Waals surface area contributed by atoms with Crippen molar-refractivity contribution in [3.63, 3.8) is 0 Å². The average molecular weight is 447 g/mol. The van der Waals surface area contributed by atoms with E-state index in [9.17, 15) is 27.6 Å². The second-order valence-electron chi connectivity index (χ2n) is 7.07. The number of hydrogen-bond donors (Lipinski definition) is 2. The van der Waals surface area contributed by atoms with Crippen LogP contribution >= 0.6 is 0 Å². The van der Waals surface area contributed by atoms with Gasteiger partial charge >= 0.3 is 18.4 Å². The molecule has 0 radical (unpaired) electrons. The smallest absolute Gasteiger partial charge is 0.417 e. The van der Waals surface area contributed by atoms with Gasteiger partial charge in [-0.1, -0.05) is 24.3 Å². The van der Waals surface area contributed by atoms with Gasteiger partial charge in [0.05, 0.1) is 12.1 Å². The zero-order chi connectivity index (χ0) is 23.0. The van der Waals surface area contributed by atoms with Crippen LogP contribution in [0.2, 0.25) is 0 Å². The van der Waals surface area contributed by atoms with Crippen LogP contribution in [0, 0.1) is 0 Å². The second kappa shape index (κ2) is 7.91. The van der Waals surface area contributed by atoms with E-state index in [2.05, 4.69) is 9.72 Å². The zero-order valence-corrected chi connectivity index (χ0v) is 16.3. The number of pyridine rings is 1. The second-order valence-corrected chi connectivity index (χ2v) is 7.07. The fraction of sp³-hybridized carbons (Fsp3) is 0.190. The lowest BCUT2D eigenvalue weighted by Crippen LogP contribution is -2.27. The summed E-state index contributed by atoms with van der Waals surface area (Å²) in [5.74, 6) is 0. The van der Waals surface area contributed by atoms with Gasteiger partial charge < -0.3 is 20.2 Å². The molecule has 2 aromatic carbocycles. The van der Waals surface area contributed by atoms with E-state index >= 15 is 0 Å². The van der Waals surface area contributed by atoms with E-state index in [0.717, 1.165) is 6.07 Å². The zero-order valence-electron chi connectivity index (χ0n) is 16.3. The molecule has 0 spiro atoms. The number of anilines is 1. The number of ether oxygens (including phenoxy) is 2. The first-order valence-corrected chi connectivity index (χ1v) is 9.37. The number of halogens is 3. The summed E-state index contributed by atoms with van der Waals surface area (Å²) in [5, 5.41) is 0.575. The van der Waals surface area contributed by atoms with Crippen LogP contribution in [-0.2, 0) is 15.7 Å². The van der Waals surface area contributed by atoms with Gasteiger partial charge in [0.2, 0.25) is 0 Å². The number of hydrogen-bond acceptors (Lipinski definition) is 5. The van der Waals surface area contributed by atoms with Gasteiger partial charge in [0.25, 0.3) is 5.56 Å².